The normalized spacial score (nSPS) is 11.8. The van der Waals surface area contributed by atoms with E-state index < -0.39 is 12.3 Å². The first kappa shape index (κ1) is 12.9. The van der Waals surface area contributed by atoms with E-state index >= 15 is 0 Å². The van der Waals surface area contributed by atoms with Gasteiger partial charge < -0.3 is 14.2 Å². The molecule has 0 aromatic rings. The summed E-state index contributed by atoms with van der Waals surface area (Å²) in [6.45, 7) is 4.95. The Morgan fingerprint density at radius 2 is 2.21 bits per heavy atom. The maximum atomic E-state index is 10.8. The molecule has 0 N–H and O–H groups in total. The van der Waals surface area contributed by atoms with E-state index in [4.69, 9.17) is 19.5 Å². The van der Waals surface area contributed by atoms with Gasteiger partial charge in [-0.3, -0.25) is 4.79 Å². The third-order valence-electron chi connectivity index (χ3n) is 1.31. The van der Waals surface area contributed by atoms with Crippen molar-refractivity contribution in [2.45, 2.75) is 26.6 Å². The van der Waals surface area contributed by atoms with Gasteiger partial charge in [-0.05, 0) is 13.8 Å². The van der Waals surface area contributed by atoms with Gasteiger partial charge in [0.1, 0.15) is 6.42 Å². The summed E-state index contributed by atoms with van der Waals surface area (Å²) in [7, 11) is 0. The summed E-state index contributed by atoms with van der Waals surface area (Å²) in [6, 6.07) is 1.69. The van der Waals surface area contributed by atoms with Crippen LogP contribution < -0.4 is 0 Å². The number of hydrogen-bond acceptors (Lipinski definition) is 5. The Morgan fingerprint density at radius 3 is 2.79 bits per heavy atom. The van der Waals surface area contributed by atoms with E-state index in [-0.39, 0.29) is 6.42 Å². The summed E-state index contributed by atoms with van der Waals surface area (Å²) in [5.41, 5.74) is 0. The fourth-order valence-corrected chi connectivity index (χ4v) is 0.743. The van der Waals surface area contributed by atoms with Gasteiger partial charge in [0.25, 0.3) is 0 Å². The van der Waals surface area contributed by atoms with Crippen molar-refractivity contribution in [1.82, 2.24) is 0 Å². The molecule has 0 saturated heterocycles. The summed E-state index contributed by atoms with van der Waals surface area (Å²) in [6.07, 6.45) is -0.879. The molecule has 0 saturated carbocycles. The molecule has 0 aliphatic carbocycles. The van der Waals surface area contributed by atoms with Gasteiger partial charge >= 0.3 is 5.97 Å². The maximum absolute atomic E-state index is 10.8. The van der Waals surface area contributed by atoms with Gasteiger partial charge in [0.05, 0.1) is 19.3 Å². The largest absolute Gasteiger partial charge is 0.435 e. The number of carbonyl (C=O) groups is 1. The zero-order valence-corrected chi connectivity index (χ0v) is 8.49. The van der Waals surface area contributed by atoms with Gasteiger partial charge in [0.2, 0.25) is 0 Å². The second-order valence-electron chi connectivity index (χ2n) is 2.46. The minimum atomic E-state index is -0.628. The van der Waals surface area contributed by atoms with Crippen LogP contribution in [0.3, 0.4) is 0 Å². The smallest absolute Gasteiger partial charge is 0.322 e. The van der Waals surface area contributed by atoms with Gasteiger partial charge in [-0.25, -0.2) is 0 Å². The first-order valence-corrected chi connectivity index (χ1v) is 4.46. The van der Waals surface area contributed by atoms with E-state index in [0.717, 1.165) is 0 Å². The van der Waals surface area contributed by atoms with E-state index in [1.54, 1.807) is 13.0 Å². The van der Waals surface area contributed by atoms with Gasteiger partial charge in [0.15, 0.2) is 6.29 Å². The Balaban J connectivity index is 3.41. The van der Waals surface area contributed by atoms with Crippen LogP contribution >= 0.6 is 0 Å². The van der Waals surface area contributed by atoms with Crippen LogP contribution in [0.4, 0.5) is 0 Å². The molecule has 14 heavy (non-hydrogen) atoms. The van der Waals surface area contributed by atoms with Crippen molar-refractivity contribution < 1.29 is 19.0 Å². The van der Waals surface area contributed by atoms with Crippen LogP contribution in [0, 0.1) is 11.3 Å². The van der Waals surface area contributed by atoms with Crippen molar-refractivity contribution in [2.75, 3.05) is 19.8 Å². The van der Waals surface area contributed by atoms with Crippen molar-refractivity contribution in [3.63, 3.8) is 0 Å². The maximum Gasteiger partial charge on any atom is 0.322 e. The van der Waals surface area contributed by atoms with Crippen molar-refractivity contribution in [3.8, 4) is 6.07 Å². The third kappa shape index (κ3) is 7.53. The van der Waals surface area contributed by atoms with E-state index in [1.165, 1.54) is 0 Å². The van der Waals surface area contributed by atoms with Gasteiger partial charge in [-0.1, -0.05) is 0 Å². The zero-order chi connectivity index (χ0) is 10.8. The third-order valence-corrected chi connectivity index (χ3v) is 1.31. The highest BCUT2D eigenvalue weighted by atomic mass is 16.7. The summed E-state index contributed by atoms with van der Waals surface area (Å²) < 4.78 is 14.8. The first-order valence-electron chi connectivity index (χ1n) is 4.46. The molecule has 0 aliphatic heterocycles. The number of esters is 1. The lowest BCUT2D eigenvalue weighted by atomic mass is 10.5. The van der Waals surface area contributed by atoms with Crippen LogP contribution in [0.25, 0.3) is 0 Å². The van der Waals surface area contributed by atoms with Gasteiger partial charge in [-0.2, -0.15) is 5.26 Å². The molecule has 1 atom stereocenters. The molecule has 0 bridgehead atoms. The monoisotopic (exact) mass is 201 g/mol. The highest BCUT2D eigenvalue weighted by Crippen LogP contribution is 1.96. The molecular formula is C9H15NO4. The minimum Gasteiger partial charge on any atom is -0.435 e. The molecular weight excluding hydrogens is 186 g/mol. The number of ether oxygens (including phenoxy) is 3. The van der Waals surface area contributed by atoms with E-state index in [2.05, 4.69) is 0 Å². The lowest BCUT2D eigenvalue weighted by Crippen LogP contribution is -2.19. The summed E-state index contributed by atoms with van der Waals surface area (Å²) in [5.74, 6) is -0.573. The first-order chi connectivity index (χ1) is 6.70. The highest BCUT2D eigenvalue weighted by Gasteiger charge is 2.08. The number of carbonyl (C=O) groups excluding carboxylic acids is 1. The molecule has 5 nitrogen and oxygen atoms in total. The van der Waals surface area contributed by atoms with Gasteiger partial charge in [0, 0.05) is 6.61 Å². The molecule has 5 heteroatoms. The predicted molar refractivity (Wildman–Crippen MR) is 48.2 cm³/mol. The Hall–Kier alpha value is -1.12. The van der Waals surface area contributed by atoms with Crippen LogP contribution in [0.2, 0.25) is 0 Å². The molecule has 0 radical (unpaired) electrons. The standard InChI is InChI=1S/C9H15NO4/c1-3-12-6-7-13-8(2)14-9(11)4-5-10/h8H,3-4,6-7H2,1-2H3. The predicted octanol–water partition coefficient (Wildman–Crippen LogP) is 0.842. The molecule has 0 rings (SSSR count). The Labute approximate surface area is 83.6 Å². The fourth-order valence-electron chi connectivity index (χ4n) is 0.743. The molecule has 0 aliphatic rings. The number of nitriles is 1. The Bertz CT molecular complexity index is 199. The molecule has 0 spiro atoms. The van der Waals surface area contributed by atoms with Crippen LogP contribution in [0.15, 0.2) is 0 Å². The van der Waals surface area contributed by atoms with Crippen molar-refractivity contribution in [3.05, 3.63) is 0 Å². The quantitative estimate of drug-likeness (QED) is 0.347. The van der Waals surface area contributed by atoms with Gasteiger partial charge in [-0.15, -0.1) is 0 Å². The lowest BCUT2D eigenvalue weighted by Gasteiger charge is -2.12. The Morgan fingerprint density at radius 1 is 1.50 bits per heavy atom. The van der Waals surface area contributed by atoms with E-state index in [0.29, 0.717) is 19.8 Å². The number of hydrogen-bond donors (Lipinski definition) is 0. The van der Waals surface area contributed by atoms with Crippen LogP contribution in [0.1, 0.15) is 20.3 Å². The van der Waals surface area contributed by atoms with Crippen LogP contribution in [-0.2, 0) is 19.0 Å². The molecule has 0 fully saturated rings. The SMILES string of the molecule is CCOCCOC(C)OC(=O)CC#N. The van der Waals surface area contributed by atoms with Crippen molar-refractivity contribution >= 4 is 5.97 Å². The average molecular weight is 201 g/mol. The zero-order valence-electron chi connectivity index (χ0n) is 8.49. The van der Waals surface area contributed by atoms with Crippen molar-refractivity contribution in [1.29, 1.82) is 5.26 Å². The fraction of sp³-hybridized carbons (Fsp3) is 0.778. The number of nitrogens with zero attached hydrogens (tertiary/aromatic N) is 1. The topological polar surface area (TPSA) is 68.6 Å². The number of rotatable bonds is 7. The molecule has 0 amide bonds. The lowest BCUT2D eigenvalue weighted by molar-refractivity contribution is -0.175. The van der Waals surface area contributed by atoms with Crippen LogP contribution in [0.5, 0.6) is 0 Å². The molecule has 0 aromatic carbocycles. The van der Waals surface area contributed by atoms with E-state index in [1.807, 2.05) is 6.92 Å². The molecule has 0 heterocycles. The minimum absolute atomic E-state index is 0.251. The summed E-state index contributed by atoms with van der Waals surface area (Å²) in [5, 5.41) is 8.18. The molecule has 1 unspecified atom stereocenters. The van der Waals surface area contributed by atoms with Crippen LogP contribution in [-0.4, -0.2) is 32.1 Å². The average Bonchev–Trinajstić information content (AvgIpc) is 2.13. The Kier molecular flexibility index (Phi) is 7.80. The second kappa shape index (κ2) is 8.48. The summed E-state index contributed by atoms with van der Waals surface area (Å²) >= 11 is 0. The summed E-state index contributed by atoms with van der Waals surface area (Å²) in [4.78, 5) is 10.8. The molecule has 0 aromatic heterocycles. The molecule has 80 valence electrons. The van der Waals surface area contributed by atoms with Crippen molar-refractivity contribution in [2.24, 2.45) is 0 Å². The highest BCUT2D eigenvalue weighted by molar-refractivity contribution is 5.71. The second-order valence-corrected chi connectivity index (χ2v) is 2.46. The van der Waals surface area contributed by atoms with E-state index in [9.17, 15) is 4.79 Å².